The van der Waals surface area contributed by atoms with Crippen LogP contribution in [0.4, 0.5) is 4.79 Å². The number of nitrogens with zero attached hydrogens (tertiary/aromatic N) is 2. The number of imide groups is 2. The summed E-state index contributed by atoms with van der Waals surface area (Å²) in [7, 11) is 0. The first-order valence-electron chi connectivity index (χ1n) is 9.11. The number of rotatable bonds is 4. The first kappa shape index (κ1) is 18.5. The number of carbonyl (C=O) groups excluding carboxylic acids is 3. The molecule has 1 aliphatic rings. The summed E-state index contributed by atoms with van der Waals surface area (Å²) in [5.41, 5.74) is 3.73. The Morgan fingerprint density at radius 1 is 1.03 bits per heavy atom. The van der Waals surface area contributed by atoms with Gasteiger partial charge >= 0.3 is 6.03 Å². The van der Waals surface area contributed by atoms with Crippen molar-refractivity contribution in [2.75, 3.05) is 0 Å². The Kier molecular flexibility index (Phi) is 4.64. The number of hydrogen-bond acceptors (Lipinski definition) is 4. The van der Waals surface area contributed by atoms with Crippen LogP contribution in [0.2, 0.25) is 0 Å². The maximum atomic E-state index is 12.9. The van der Waals surface area contributed by atoms with Gasteiger partial charge in [-0.05, 0) is 61.4 Å². The van der Waals surface area contributed by atoms with Crippen molar-refractivity contribution in [3.8, 4) is 5.69 Å². The Balaban J connectivity index is 1.72. The second-order valence-corrected chi connectivity index (χ2v) is 6.81. The SMILES string of the molecule is Cc1cccc(-n2cccc2/C=C2\C(=O)NC(=O)N(Cc3ccco3)C2=O)c1C. The van der Waals surface area contributed by atoms with Crippen LogP contribution in [-0.4, -0.2) is 27.3 Å². The van der Waals surface area contributed by atoms with Gasteiger partial charge in [0.05, 0.1) is 12.8 Å². The first-order valence-corrected chi connectivity index (χ1v) is 9.11. The number of hydrogen-bond donors (Lipinski definition) is 1. The molecule has 1 aromatic carbocycles. The highest BCUT2D eigenvalue weighted by molar-refractivity contribution is 6.30. The van der Waals surface area contributed by atoms with E-state index < -0.39 is 17.8 Å². The van der Waals surface area contributed by atoms with E-state index in [0.717, 1.165) is 21.7 Å². The molecule has 7 heteroatoms. The molecule has 3 aromatic rings. The van der Waals surface area contributed by atoms with E-state index in [1.165, 1.54) is 12.3 Å². The molecule has 1 saturated heterocycles. The van der Waals surface area contributed by atoms with Crippen LogP contribution in [-0.2, 0) is 16.1 Å². The van der Waals surface area contributed by atoms with Gasteiger partial charge in [-0.15, -0.1) is 0 Å². The lowest BCUT2D eigenvalue weighted by Crippen LogP contribution is -2.53. The smallest absolute Gasteiger partial charge is 0.331 e. The van der Waals surface area contributed by atoms with Gasteiger partial charge < -0.3 is 8.98 Å². The van der Waals surface area contributed by atoms with E-state index in [-0.39, 0.29) is 12.1 Å². The second kappa shape index (κ2) is 7.27. The third-order valence-electron chi connectivity index (χ3n) is 4.99. The molecule has 0 radical (unpaired) electrons. The molecule has 0 unspecified atom stereocenters. The third-order valence-corrected chi connectivity index (χ3v) is 4.99. The Morgan fingerprint density at radius 3 is 2.62 bits per heavy atom. The van der Waals surface area contributed by atoms with Crippen molar-refractivity contribution < 1.29 is 18.8 Å². The number of amides is 4. The van der Waals surface area contributed by atoms with Crippen LogP contribution in [0.5, 0.6) is 0 Å². The van der Waals surface area contributed by atoms with E-state index in [1.807, 2.05) is 54.9 Å². The molecule has 0 bridgehead atoms. The summed E-state index contributed by atoms with van der Waals surface area (Å²) in [6, 6.07) is 12.2. The number of aryl methyl sites for hydroxylation is 1. The Morgan fingerprint density at radius 2 is 1.86 bits per heavy atom. The highest BCUT2D eigenvalue weighted by Crippen LogP contribution is 2.23. The Bertz CT molecular complexity index is 1140. The normalized spacial score (nSPS) is 15.9. The van der Waals surface area contributed by atoms with Crippen molar-refractivity contribution in [3.05, 3.63) is 83.1 Å². The number of nitrogens with one attached hydrogen (secondary N) is 1. The van der Waals surface area contributed by atoms with Gasteiger partial charge in [0, 0.05) is 17.6 Å². The number of aromatic nitrogens is 1. The quantitative estimate of drug-likeness (QED) is 0.548. The number of urea groups is 1. The van der Waals surface area contributed by atoms with Crippen LogP contribution in [0, 0.1) is 13.8 Å². The lowest BCUT2D eigenvalue weighted by Gasteiger charge is -2.25. The summed E-state index contributed by atoms with van der Waals surface area (Å²) < 4.78 is 7.13. The molecule has 146 valence electrons. The zero-order chi connectivity index (χ0) is 20.5. The van der Waals surface area contributed by atoms with Gasteiger partial charge in [0.1, 0.15) is 11.3 Å². The minimum Gasteiger partial charge on any atom is -0.467 e. The minimum absolute atomic E-state index is 0.0553. The fourth-order valence-electron chi connectivity index (χ4n) is 3.27. The van der Waals surface area contributed by atoms with Gasteiger partial charge in [0.15, 0.2) is 0 Å². The maximum absolute atomic E-state index is 12.9. The molecular formula is C22H19N3O4. The number of carbonyl (C=O) groups is 3. The average Bonchev–Trinajstić information content (AvgIpc) is 3.36. The summed E-state index contributed by atoms with van der Waals surface area (Å²) in [5, 5.41) is 2.22. The van der Waals surface area contributed by atoms with Crippen molar-refractivity contribution in [1.29, 1.82) is 0 Å². The summed E-state index contributed by atoms with van der Waals surface area (Å²) in [5.74, 6) is -0.936. The molecular weight excluding hydrogens is 370 g/mol. The molecule has 7 nitrogen and oxygen atoms in total. The van der Waals surface area contributed by atoms with Gasteiger partial charge in [-0.3, -0.25) is 19.8 Å². The third kappa shape index (κ3) is 3.38. The average molecular weight is 389 g/mol. The van der Waals surface area contributed by atoms with Crippen molar-refractivity contribution >= 4 is 23.9 Å². The molecule has 29 heavy (non-hydrogen) atoms. The lowest BCUT2D eigenvalue weighted by molar-refractivity contribution is -0.130. The molecule has 1 aliphatic heterocycles. The summed E-state index contributed by atoms with van der Waals surface area (Å²) in [6.45, 7) is 3.99. The molecule has 1 fully saturated rings. The monoisotopic (exact) mass is 389 g/mol. The molecule has 0 atom stereocenters. The highest BCUT2D eigenvalue weighted by atomic mass is 16.3. The van der Waals surface area contributed by atoms with Gasteiger partial charge in [-0.2, -0.15) is 0 Å². The van der Waals surface area contributed by atoms with Crippen molar-refractivity contribution in [2.45, 2.75) is 20.4 Å². The Hall–Kier alpha value is -3.87. The number of benzene rings is 1. The van der Waals surface area contributed by atoms with Gasteiger partial charge in [0.2, 0.25) is 0 Å². The van der Waals surface area contributed by atoms with E-state index in [9.17, 15) is 14.4 Å². The summed E-state index contributed by atoms with van der Waals surface area (Å²) in [6.07, 6.45) is 4.83. The van der Waals surface area contributed by atoms with E-state index in [4.69, 9.17) is 4.42 Å². The van der Waals surface area contributed by atoms with E-state index >= 15 is 0 Å². The van der Waals surface area contributed by atoms with E-state index in [2.05, 4.69) is 5.32 Å². The van der Waals surface area contributed by atoms with Crippen molar-refractivity contribution in [1.82, 2.24) is 14.8 Å². The maximum Gasteiger partial charge on any atom is 0.331 e. The van der Waals surface area contributed by atoms with Crippen LogP contribution < -0.4 is 5.32 Å². The van der Waals surface area contributed by atoms with Crippen LogP contribution in [0.25, 0.3) is 11.8 Å². The van der Waals surface area contributed by atoms with Crippen LogP contribution in [0.3, 0.4) is 0 Å². The van der Waals surface area contributed by atoms with Crippen molar-refractivity contribution in [3.63, 3.8) is 0 Å². The summed E-state index contributed by atoms with van der Waals surface area (Å²) >= 11 is 0. The van der Waals surface area contributed by atoms with Crippen molar-refractivity contribution in [2.24, 2.45) is 0 Å². The zero-order valence-corrected chi connectivity index (χ0v) is 16.0. The summed E-state index contributed by atoms with van der Waals surface area (Å²) in [4.78, 5) is 38.4. The topological polar surface area (TPSA) is 84.6 Å². The first-order chi connectivity index (χ1) is 14.0. The van der Waals surface area contributed by atoms with E-state index in [1.54, 1.807) is 12.1 Å². The second-order valence-electron chi connectivity index (χ2n) is 6.81. The molecule has 0 aliphatic carbocycles. The lowest BCUT2D eigenvalue weighted by atomic mass is 10.1. The predicted molar refractivity (Wildman–Crippen MR) is 106 cm³/mol. The fraction of sp³-hybridized carbons (Fsp3) is 0.136. The largest absolute Gasteiger partial charge is 0.467 e. The molecule has 0 saturated carbocycles. The molecule has 1 N–H and O–H groups in total. The molecule has 3 heterocycles. The Labute approximate surface area is 167 Å². The predicted octanol–water partition coefficient (Wildman–Crippen LogP) is 3.35. The molecule has 4 amide bonds. The molecule has 4 rings (SSSR count). The van der Waals surface area contributed by atoms with E-state index in [0.29, 0.717) is 11.5 Å². The number of barbiturate groups is 1. The van der Waals surface area contributed by atoms with Gasteiger partial charge in [0.25, 0.3) is 11.8 Å². The van der Waals surface area contributed by atoms with Crippen LogP contribution in [0.1, 0.15) is 22.6 Å². The van der Waals surface area contributed by atoms with Crippen LogP contribution in [0.15, 0.2) is 64.9 Å². The highest BCUT2D eigenvalue weighted by Gasteiger charge is 2.36. The fourth-order valence-corrected chi connectivity index (χ4v) is 3.27. The molecule has 2 aromatic heterocycles. The standard InChI is InChI=1S/C22H19N3O4/c1-14-6-3-9-19(15(14)2)24-10-4-7-16(24)12-18-20(26)23-22(28)25(21(18)27)13-17-8-5-11-29-17/h3-12H,13H2,1-2H3,(H,23,26,28)/b18-12+. The van der Waals surface area contributed by atoms with Gasteiger partial charge in [-0.1, -0.05) is 12.1 Å². The number of furan rings is 1. The minimum atomic E-state index is -0.765. The van der Waals surface area contributed by atoms with Gasteiger partial charge in [-0.25, -0.2) is 4.79 Å². The van der Waals surface area contributed by atoms with Crippen LogP contribution >= 0.6 is 0 Å². The molecule has 0 spiro atoms. The zero-order valence-electron chi connectivity index (χ0n) is 16.0.